The van der Waals surface area contributed by atoms with Crippen molar-refractivity contribution in [3.05, 3.63) is 75.0 Å². The molecule has 0 unspecified atom stereocenters. The minimum Gasteiger partial charge on any atom is -0.405 e. The summed E-state index contributed by atoms with van der Waals surface area (Å²) in [5.74, 6) is -0.220. The first-order valence-electron chi connectivity index (χ1n) is 8.04. The minimum absolute atomic E-state index is 0.0888. The Morgan fingerprint density at radius 2 is 1.85 bits per heavy atom. The van der Waals surface area contributed by atoms with Gasteiger partial charge in [0.1, 0.15) is 5.75 Å². The lowest BCUT2D eigenvalue weighted by Gasteiger charge is -2.22. The second-order valence-corrected chi connectivity index (χ2v) is 6.95. The van der Waals surface area contributed by atoms with Crippen LogP contribution in [0.15, 0.2) is 64.0 Å². The van der Waals surface area contributed by atoms with Gasteiger partial charge in [-0.25, -0.2) is 0 Å². The van der Waals surface area contributed by atoms with E-state index in [1.807, 2.05) is 15.5 Å². The third-order valence-electron chi connectivity index (χ3n) is 3.98. The highest BCUT2D eigenvalue weighted by molar-refractivity contribution is 9.10. The molecule has 27 heavy (non-hydrogen) atoms. The highest BCUT2D eigenvalue weighted by atomic mass is 79.9. The van der Waals surface area contributed by atoms with Crippen LogP contribution in [0.1, 0.15) is 5.56 Å². The molecule has 3 aromatic rings. The number of rotatable bonds is 5. The fourth-order valence-corrected chi connectivity index (χ4v) is 3.50. The predicted octanol–water partition coefficient (Wildman–Crippen LogP) is 4.75. The highest BCUT2D eigenvalue weighted by Crippen LogP contribution is 2.27. The lowest BCUT2D eigenvalue weighted by Crippen LogP contribution is -2.24. The number of alkyl halides is 3. The third-order valence-corrected chi connectivity index (χ3v) is 4.62. The molecule has 1 aromatic heterocycles. The highest BCUT2D eigenvalue weighted by Gasteiger charge is 2.32. The van der Waals surface area contributed by atoms with E-state index in [0.717, 1.165) is 9.99 Å². The zero-order valence-corrected chi connectivity index (χ0v) is 15.9. The van der Waals surface area contributed by atoms with E-state index in [1.165, 1.54) is 18.2 Å². The first-order valence-corrected chi connectivity index (χ1v) is 8.84. The fourth-order valence-electron chi connectivity index (χ4n) is 2.91. The molecule has 0 fully saturated rings. The average Bonchev–Trinajstić information content (AvgIpc) is 2.58. The van der Waals surface area contributed by atoms with Crippen LogP contribution >= 0.6 is 15.9 Å². The van der Waals surface area contributed by atoms with Crippen LogP contribution < -0.4 is 10.2 Å². The Balaban J connectivity index is 1.86. The van der Waals surface area contributed by atoms with Crippen LogP contribution in [0.3, 0.4) is 0 Å². The van der Waals surface area contributed by atoms with Gasteiger partial charge in [0, 0.05) is 34.2 Å². The molecular formula is C19H16BrF3N2O2. The van der Waals surface area contributed by atoms with E-state index < -0.39 is 6.36 Å². The van der Waals surface area contributed by atoms with Crippen LogP contribution in [-0.2, 0) is 13.2 Å². The molecule has 0 saturated carbocycles. The van der Waals surface area contributed by atoms with Gasteiger partial charge < -0.3 is 9.30 Å². The van der Waals surface area contributed by atoms with Gasteiger partial charge in [0.15, 0.2) is 5.43 Å². The summed E-state index contributed by atoms with van der Waals surface area (Å²) in [5, 5.41) is 0.570. The summed E-state index contributed by atoms with van der Waals surface area (Å²) in [6.07, 6.45) is -3.07. The molecular weight excluding hydrogens is 425 g/mol. The maximum absolute atomic E-state index is 12.6. The van der Waals surface area contributed by atoms with Gasteiger partial charge in [-0.15, -0.1) is 13.2 Å². The summed E-state index contributed by atoms with van der Waals surface area (Å²) in [4.78, 5) is 13.9. The van der Waals surface area contributed by atoms with Gasteiger partial charge in [-0.05, 0) is 41.2 Å². The molecule has 0 bridgehead atoms. The summed E-state index contributed by atoms with van der Waals surface area (Å²) in [6.45, 7) is 0.615. The van der Waals surface area contributed by atoms with Crippen LogP contribution in [0.25, 0.3) is 10.9 Å². The molecule has 1 heterocycles. The Morgan fingerprint density at radius 3 is 2.59 bits per heavy atom. The number of fused-ring (bicyclic) bond motifs is 1. The van der Waals surface area contributed by atoms with E-state index in [0.29, 0.717) is 17.6 Å². The first kappa shape index (κ1) is 19.4. The van der Waals surface area contributed by atoms with Crippen molar-refractivity contribution < 1.29 is 17.9 Å². The van der Waals surface area contributed by atoms with Gasteiger partial charge in [0.05, 0.1) is 12.2 Å². The van der Waals surface area contributed by atoms with Gasteiger partial charge >= 0.3 is 6.36 Å². The normalized spacial score (nSPS) is 11.9. The third kappa shape index (κ3) is 4.70. The van der Waals surface area contributed by atoms with Crippen molar-refractivity contribution in [1.82, 2.24) is 9.47 Å². The van der Waals surface area contributed by atoms with Crippen molar-refractivity contribution in [2.24, 2.45) is 0 Å². The summed E-state index contributed by atoms with van der Waals surface area (Å²) in [6, 6.07) is 12.9. The minimum atomic E-state index is -4.74. The maximum Gasteiger partial charge on any atom is 0.573 e. The van der Waals surface area contributed by atoms with Crippen molar-refractivity contribution in [1.29, 1.82) is 0 Å². The summed E-state index contributed by atoms with van der Waals surface area (Å²) < 4.78 is 44.5. The molecule has 0 aliphatic heterocycles. The lowest BCUT2D eigenvalue weighted by molar-refractivity contribution is -0.275. The second kappa shape index (κ2) is 7.74. The van der Waals surface area contributed by atoms with Crippen molar-refractivity contribution in [2.75, 3.05) is 7.05 Å². The number of nitrogens with zero attached hydrogens (tertiary/aromatic N) is 2. The van der Waals surface area contributed by atoms with Crippen LogP contribution in [0, 0.1) is 0 Å². The molecule has 4 nitrogen and oxygen atoms in total. The van der Waals surface area contributed by atoms with Crippen LogP contribution in [0.4, 0.5) is 13.2 Å². The number of halogens is 4. The zero-order chi connectivity index (χ0) is 19.6. The predicted molar refractivity (Wildman–Crippen MR) is 101 cm³/mol. The number of benzene rings is 2. The Labute approximate surface area is 161 Å². The maximum atomic E-state index is 12.6. The van der Waals surface area contributed by atoms with Gasteiger partial charge in [0.2, 0.25) is 0 Å². The zero-order valence-electron chi connectivity index (χ0n) is 14.3. The Kier molecular flexibility index (Phi) is 5.57. The lowest BCUT2D eigenvalue weighted by atomic mass is 10.2. The van der Waals surface area contributed by atoms with Crippen LogP contribution in [0.2, 0.25) is 0 Å². The van der Waals surface area contributed by atoms with Crippen LogP contribution in [0.5, 0.6) is 5.75 Å². The Hall–Kier alpha value is -2.32. The molecule has 0 amide bonds. The van der Waals surface area contributed by atoms with Crippen molar-refractivity contribution in [2.45, 2.75) is 19.6 Å². The number of para-hydroxylation sites is 2. The van der Waals surface area contributed by atoms with Gasteiger partial charge in [-0.3, -0.25) is 9.69 Å². The molecule has 0 N–H and O–H groups in total. The standard InChI is InChI=1S/C19H16BrF3N2O2/c1-24(11-13-5-2-3-8-17(13)27-19(21,22)23)12-25-10-9-16(26)14-6-4-7-15(20)18(14)25/h2-10H,11-12H2,1H3. The van der Waals surface area contributed by atoms with Crippen molar-refractivity contribution in [3.63, 3.8) is 0 Å². The summed E-state index contributed by atoms with van der Waals surface area (Å²) in [7, 11) is 1.78. The van der Waals surface area contributed by atoms with E-state index >= 15 is 0 Å². The topological polar surface area (TPSA) is 34.5 Å². The van der Waals surface area contributed by atoms with Crippen LogP contribution in [-0.4, -0.2) is 22.9 Å². The number of ether oxygens (including phenoxy) is 1. The summed E-state index contributed by atoms with van der Waals surface area (Å²) >= 11 is 3.46. The molecule has 0 spiro atoms. The Morgan fingerprint density at radius 1 is 1.11 bits per heavy atom. The van der Waals surface area contributed by atoms with Gasteiger partial charge in [-0.1, -0.05) is 24.3 Å². The molecule has 0 saturated heterocycles. The molecule has 0 radical (unpaired) electrons. The Bertz CT molecular complexity index is 1020. The fraction of sp³-hybridized carbons (Fsp3) is 0.211. The van der Waals surface area contributed by atoms with Crippen molar-refractivity contribution >= 4 is 26.8 Å². The van der Waals surface area contributed by atoms with E-state index in [2.05, 4.69) is 20.7 Å². The number of aromatic nitrogens is 1. The average molecular weight is 441 g/mol. The largest absolute Gasteiger partial charge is 0.573 e. The van der Waals surface area contributed by atoms with Gasteiger partial charge in [-0.2, -0.15) is 0 Å². The van der Waals surface area contributed by atoms with E-state index in [-0.39, 0.29) is 17.7 Å². The van der Waals surface area contributed by atoms with E-state index in [1.54, 1.807) is 37.5 Å². The van der Waals surface area contributed by atoms with Crippen molar-refractivity contribution in [3.8, 4) is 5.75 Å². The molecule has 2 aromatic carbocycles. The number of pyridine rings is 1. The SMILES string of the molecule is CN(Cc1ccccc1OC(F)(F)F)Cn1ccc(=O)c2cccc(Br)c21. The molecule has 0 aliphatic rings. The first-order chi connectivity index (χ1) is 12.7. The van der Waals surface area contributed by atoms with E-state index in [4.69, 9.17) is 0 Å². The summed E-state index contributed by atoms with van der Waals surface area (Å²) in [5.41, 5.74) is 1.06. The second-order valence-electron chi connectivity index (χ2n) is 6.10. The van der Waals surface area contributed by atoms with E-state index in [9.17, 15) is 18.0 Å². The number of hydrogen-bond donors (Lipinski definition) is 0. The quantitative estimate of drug-likeness (QED) is 0.573. The molecule has 8 heteroatoms. The molecule has 0 atom stereocenters. The molecule has 142 valence electrons. The number of hydrogen-bond acceptors (Lipinski definition) is 3. The molecule has 0 aliphatic carbocycles. The van der Waals surface area contributed by atoms with Gasteiger partial charge in [0.25, 0.3) is 0 Å². The smallest absolute Gasteiger partial charge is 0.405 e. The monoisotopic (exact) mass is 440 g/mol. The molecule has 3 rings (SSSR count).